The summed E-state index contributed by atoms with van der Waals surface area (Å²) in [6.07, 6.45) is 0.367. The molecule has 6 atom stereocenters. The van der Waals surface area contributed by atoms with Crippen LogP contribution in [-0.4, -0.2) is 103 Å². The van der Waals surface area contributed by atoms with E-state index in [4.69, 9.17) is 9.47 Å². The number of aliphatic hydroxyl groups is 1. The van der Waals surface area contributed by atoms with E-state index in [1.807, 2.05) is 6.92 Å². The Labute approximate surface area is 313 Å². The van der Waals surface area contributed by atoms with Gasteiger partial charge in [0.2, 0.25) is 11.8 Å². The number of carbonyl (C=O) groups is 4. The van der Waals surface area contributed by atoms with E-state index < -0.39 is 45.9 Å². The van der Waals surface area contributed by atoms with Crippen molar-refractivity contribution in [3.8, 4) is 0 Å². The maximum atomic E-state index is 13.7. The Morgan fingerprint density at radius 1 is 1.00 bits per heavy atom. The number of ether oxygens (including phenoxy) is 2. The fourth-order valence-electron chi connectivity index (χ4n) is 6.48. The molecule has 5 rings (SSSR count). The van der Waals surface area contributed by atoms with Crippen molar-refractivity contribution in [2.75, 3.05) is 26.4 Å². The van der Waals surface area contributed by atoms with Gasteiger partial charge in [-0.15, -0.1) is 23.5 Å². The SMILES string of the molecule is C[C@H]1C(S[C@H]2C[C@@H](CS/C=C/C(=O)N(C)C)N(C(=O)OCc3ccc([N+](=O)[O-])cc3)C2)=C(C(=O)OCc2ccc([N+](=O)[O-])cc2)N2C(=O)[C@H]([C@@H](C)O)C12. The summed E-state index contributed by atoms with van der Waals surface area (Å²) in [6.45, 7) is 3.33. The number of aliphatic hydroxyl groups excluding tert-OH is 1. The van der Waals surface area contributed by atoms with E-state index in [9.17, 15) is 44.5 Å². The number of β-lactam (4-membered cyclic amide) rings is 1. The normalized spacial score (nSPS) is 22.7. The van der Waals surface area contributed by atoms with Gasteiger partial charge in [-0.1, -0.05) is 6.92 Å². The first-order valence-electron chi connectivity index (χ1n) is 16.7. The first kappa shape index (κ1) is 39.3. The van der Waals surface area contributed by atoms with E-state index in [1.54, 1.807) is 24.4 Å². The van der Waals surface area contributed by atoms with Crippen molar-refractivity contribution >= 4 is 58.8 Å². The molecule has 16 nitrogen and oxygen atoms in total. The highest BCUT2D eigenvalue weighted by atomic mass is 32.2. The largest absolute Gasteiger partial charge is 0.456 e. The molecule has 282 valence electrons. The number of likely N-dealkylation sites (N-methyl/N-ethyl adjacent to an activating group) is 1. The van der Waals surface area contributed by atoms with Crippen molar-refractivity contribution in [2.45, 2.75) is 56.9 Å². The Bertz CT molecular complexity index is 1820. The minimum atomic E-state index is -0.950. The number of esters is 1. The quantitative estimate of drug-likeness (QED) is 0.0928. The van der Waals surface area contributed by atoms with Gasteiger partial charge in [0.15, 0.2) is 0 Å². The molecule has 2 aromatic carbocycles. The number of fused-ring (bicyclic) bond motifs is 1. The number of hydrogen-bond acceptors (Lipinski definition) is 13. The van der Waals surface area contributed by atoms with Crippen molar-refractivity contribution in [1.82, 2.24) is 14.7 Å². The molecule has 0 aliphatic carbocycles. The standard InChI is InChI=1S/C35H39N5O11S2/c1-20-30-29(21(2)41)33(43)38(30)31(34(44)50-17-22-5-9-24(10-6-22)39(46)47)32(20)53-27-15-26(19-52-14-13-28(42)36(3)4)37(16-27)35(45)51-18-23-7-11-25(12-8-23)40(48)49/h5-14,20-21,26-27,29-30,41H,15-19H2,1-4H3/b14-13+/t20-,21-,26+,27+,29-,30?/m1/s1. The highest BCUT2D eigenvalue weighted by Crippen LogP contribution is 2.52. The summed E-state index contributed by atoms with van der Waals surface area (Å²) in [5.41, 5.74) is 0.951. The maximum absolute atomic E-state index is 13.7. The van der Waals surface area contributed by atoms with Gasteiger partial charge in [-0.25, -0.2) is 9.59 Å². The summed E-state index contributed by atoms with van der Waals surface area (Å²) in [5.74, 6) is -1.96. The number of nitrogens with zero attached hydrogens (tertiary/aromatic N) is 5. The highest BCUT2D eigenvalue weighted by Gasteiger charge is 2.60. The average molecular weight is 770 g/mol. The molecule has 0 saturated carbocycles. The van der Waals surface area contributed by atoms with Crippen LogP contribution in [0.2, 0.25) is 0 Å². The van der Waals surface area contributed by atoms with Gasteiger partial charge in [0.1, 0.15) is 18.9 Å². The number of non-ortho nitro benzene ring substituents is 2. The summed E-state index contributed by atoms with van der Waals surface area (Å²) in [5, 5.41) is 33.9. The molecule has 1 unspecified atom stereocenters. The van der Waals surface area contributed by atoms with Gasteiger partial charge in [0.05, 0.1) is 27.9 Å². The number of nitro benzene ring substituents is 2. The van der Waals surface area contributed by atoms with Gasteiger partial charge in [-0.05, 0) is 54.1 Å². The second kappa shape index (κ2) is 16.8. The number of rotatable bonds is 14. The lowest BCUT2D eigenvalue weighted by molar-refractivity contribution is -0.385. The molecule has 0 aromatic heterocycles. The van der Waals surface area contributed by atoms with Crippen LogP contribution < -0.4 is 0 Å². The van der Waals surface area contributed by atoms with E-state index in [0.717, 1.165) is 0 Å². The molecular weight excluding hydrogens is 731 g/mol. The van der Waals surface area contributed by atoms with Gasteiger partial charge in [-0.3, -0.25) is 29.8 Å². The molecule has 3 heterocycles. The Morgan fingerprint density at radius 2 is 1.57 bits per heavy atom. The second-order valence-corrected chi connectivity index (χ2v) is 15.4. The molecule has 3 aliphatic rings. The molecule has 0 radical (unpaired) electrons. The lowest BCUT2D eigenvalue weighted by Crippen LogP contribution is -2.63. The Kier molecular flexibility index (Phi) is 12.5. The minimum absolute atomic E-state index is 0.0755. The fourth-order valence-corrected chi connectivity index (χ4v) is 8.91. The molecule has 53 heavy (non-hydrogen) atoms. The molecule has 1 N–H and O–H groups in total. The molecule has 2 fully saturated rings. The van der Waals surface area contributed by atoms with E-state index in [2.05, 4.69) is 0 Å². The monoisotopic (exact) mass is 769 g/mol. The molecule has 0 bridgehead atoms. The van der Waals surface area contributed by atoms with Crippen LogP contribution in [0.5, 0.6) is 0 Å². The lowest BCUT2D eigenvalue weighted by atomic mass is 9.79. The topological polar surface area (TPSA) is 203 Å². The van der Waals surface area contributed by atoms with Crippen LogP contribution in [-0.2, 0) is 37.1 Å². The number of hydrogen-bond donors (Lipinski definition) is 1. The third-order valence-corrected chi connectivity index (χ3v) is 11.7. The third-order valence-electron chi connectivity index (χ3n) is 9.27. The summed E-state index contributed by atoms with van der Waals surface area (Å²) in [4.78, 5) is 78.6. The predicted molar refractivity (Wildman–Crippen MR) is 195 cm³/mol. The van der Waals surface area contributed by atoms with Gasteiger partial charge < -0.3 is 29.3 Å². The van der Waals surface area contributed by atoms with E-state index in [0.29, 0.717) is 28.2 Å². The number of amides is 3. The van der Waals surface area contributed by atoms with Crippen molar-refractivity contribution in [3.05, 3.63) is 102 Å². The van der Waals surface area contributed by atoms with Crippen LogP contribution in [0.4, 0.5) is 16.2 Å². The zero-order valence-corrected chi connectivity index (χ0v) is 31.0. The van der Waals surface area contributed by atoms with Crippen LogP contribution in [0.15, 0.2) is 70.6 Å². The Morgan fingerprint density at radius 3 is 2.09 bits per heavy atom. The van der Waals surface area contributed by atoms with Crippen LogP contribution in [0, 0.1) is 32.1 Å². The van der Waals surface area contributed by atoms with Gasteiger partial charge >= 0.3 is 12.1 Å². The molecular formula is C35H39N5O11S2. The highest BCUT2D eigenvalue weighted by molar-refractivity contribution is 8.03. The molecule has 3 amide bonds. The molecule has 0 spiro atoms. The number of nitro groups is 2. The zero-order valence-electron chi connectivity index (χ0n) is 29.4. The molecule has 2 aromatic rings. The number of carbonyl (C=O) groups excluding carboxylic acids is 4. The molecule has 18 heteroatoms. The van der Waals surface area contributed by atoms with Crippen LogP contribution >= 0.6 is 23.5 Å². The van der Waals surface area contributed by atoms with E-state index in [1.165, 1.54) is 94.9 Å². The zero-order chi connectivity index (χ0) is 38.6. The lowest BCUT2D eigenvalue weighted by Gasteiger charge is -2.46. The number of likely N-dealkylation sites (tertiary alicyclic amines) is 1. The minimum Gasteiger partial charge on any atom is -0.456 e. The van der Waals surface area contributed by atoms with Crippen molar-refractivity contribution in [1.29, 1.82) is 0 Å². The maximum Gasteiger partial charge on any atom is 0.410 e. The van der Waals surface area contributed by atoms with E-state index in [-0.39, 0.29) is 59.9 Å². The predicted octanol–water partition coefficient (Wildman–Crippen LogP) is 4.46. The molecule has 2 saturated heterocycles. The van der Waals surface area contributed by atoms with Gasteiger partial charge in [0, 0.05) is 78.8 Å². The first-order chi connectivity index (χ1) is 25.2. The van der Waals surface area contributed by atoms with Crippen LogP contribution in [0.3, 0.4) is 0 Å². The van der Waals surface area contributed by atoms with E-state index >= 15 is 0 Å². The van der Waals surface area contributed by atoms with Crippen LogP contribution in [0.1, 0.15) is 31.4 Å². The van der Waals surface area contributed by atoms with Crippen molar-refractivity contribution in [2.24, 2.45) is 11.8 Å². The summed E-state index contributed by atoms with van der Waals surface area (Å²) in [7, 11) is 3.27. The van der Waals surface area contributed by atoms with Gasteiger partial charge in [-0.2, -0.15) is 0 Å². The summed E-state index contributed by atoms with van der Waals surface area (Å²) in [6, 6.07) is 10.4. The third kappa shape index (κ3) is 8.82. The van der Waals surface area contributed by atoms with Crippen LogP contribution in [0.25, 0.3) is 0 Å². The number of thioether (sulfide) groups is 2. The molecule has 3 aliphatic heterocycles. The Hall–Kier alpha value is -4.94. The first-order valence-corrected chi connectivity index (χ1v) is 18.6. The Balaban J connectivity index is 1.35. The smallest absolute Gasteiger partial charge is 0.410 e. The average Bonchev–Trinajstić information content (AvgIpc) is 3.63. The van der Waals surface area contributed by atoms with Crippen molar-refractivity contribution < 1.29 is 43.6 Å². The summed E-state index contributed by atoms with van der Waals surface area (Å²) >= 11 is 2.72. The fraction of sp³-hybridized carbons (Fsp3) is 0.429. The number of benzene rings is 2. The summed E-state index contributed by atoms with van der Waals surface area (Å²) < 4.78 is 11.3. The van der Waals surface area contributed by atoms with Gasteiger partial charge in [0.25, 0.3) is 11.4 Å². The second-order valence-electron chi connectivity index (χ2n) is 13.1. The van der Waals surface area contributed by atoms with Crippen molar-refractivity contribution in [3.63, 3.8) is 0 Å².